The van der Waals surface area contributed by atoms with Gasteiger partial charge in [-0.2, -0.15) is 0 Å². The van der Waals surface area contributed by atoms with Crippen molar-refractivity contribution >= 4 is 33.6 Å². The quantitative estimate of drug-likeness (QED) is 0.0146. The molecule has 0 aromatic carbocycles. The highest BCUT2D eigenvalue weighted by Gasteiger charge is 2.29. The minimum absolute atomic E-state index is 0.0885. The summed E-state index contributed by atoms with van der Waals surface area (Å²) in [4.78, 5) is 58.6. The lowest BCUT2D eigenvalue weighted by Gasteiger charge is -2.21. The van der Waals surface area contributed by atoms with Crippen molar-refractivity contribution < 1.29 is 75.8 Å². The van der Waals surface area contributed by atoms with Crippen LogP contribution in [0.5, 0.6) is 0 Å². The van der Waals surface area contributed by atoms with Gasteiger partial charge < -0.3 is 34.2 Å². The summed E-state index contributed by atoms with van der Waals surface area (Å²) in [6.07, 6.45) is 88.9. The number of hydrogen-bond acceptors (Lipinski definition) is 14. The van der Waals surface area contributed by atoms with Crippen LogP contribution >= 0.6 is 15.6 Å². The molecule has 0 aliphatic carbocycles. The molecule has 0 bridgehead atoms. The molecule has 5 unspecified atom stereocenters. The van der Waals surface area contributed by atoms with Crippen molar-refractivity contribution in [3.05, 3.63) is 146 Å². The molecule has 18 heteroatoms. The van der Waals surface area contributed by atoms with Crippen molar-refractivity contribution in [2.75, 3.05) is 39.6 Å². The van der Waals surface area contributed by atoms with E-state index < -0.39 is 91.5 Å². The Morgan fingerprint density at radius 2 is 0.535 bits per heavy atom. The molecule has 0 aromatic rings. The Morgan fingerprint density at radius 1 is 0.293 bits per heavy atom. The van der Waals surface area contributed by atoms with E-state index in [0.717, 1.165) is 186 Å². The number of carbonyl (C=O) groups excluding carboxylic acids is 3. The van der Waals surface area contributed by atoms with Gasteiger partial charge in [-0.25, -0.2) is 9.13 Å². The van der Waals surface area contributed by atoms with Gasteiger partial charge in [0.15, 0.2) is 6.10 Å². The highest BCUT2D eigenvalue weighted by atomic mass is 31.2. The topological polar surface area (TPSA) is 231 Å². The lowest BCUT2D eigenvalue weighted by atomic mass is 10.1. The maximum Gasteiger partial charge on any atom is 0.472 e. The van der Waals surface area contributed by atoms with Gasteiger partial charge in [0.2, 0.25) is 0 Å². The first-order chi connectivity index (χ1) is 48.2. The van der Waals surface area contributed by atoms with Crippen molar-refractivity contribution in [1.29, 1.82) is 0 Å². The average molecular weight is 1430 g/mol. The van der Waals surface area contributed by atoms with Crippen LogP contribution in [0.25, 0.3) is 0 Å². The molecule has 0 aromatic heterocycles. The second-order valence-electron chi connectivity index (χ2n) is 25.0. The predicted molar refractivity (Wildman–Crippen MR) is 408 cm³/mol. The molecule has 0 radical (unpaired) electrons. The summed E-state index contributed by atoms with van der Waals surface area (Å²) in [7, 11) is -9.80. The fourth-order valence-electron chi connectivity index (χ4n) is 9.77. The number of aliphatic hydroxyl groups excluding tert-OH is 2. The molecule has 0 fully saturated rings. The zero-order valence-corrected chi connectivity index (χ0v) is 63.4. The third kappa shape index (κ3) is 74.4. The van der Waals surface area contributed by atoms with Crippen molar-refractivity contribution in [3.8, 4) is 0 Å². The van der Waals surface area contributed by atoms with Gasteiger partial charge in [-0.3, -0.25) is 32.5 Å². The van der Waals surface area contributed by atoms with Gasteiger partial charge in [-0.15, -0.1) is 0 Å². The van der Waals surface area contributed by atoms with Gasteiger partial charge >= 0.3 is 33.6 Å². The van der Waals surface area contributed by atoms with Gasteiger partial charge in [-0.1, -0.05) is 276 Å². The number of aliphatic hydroxyl groups is 2. The van der Waals surface area contributed by atoms with Crippen LogP contribution in [0, 0.1) is 0 Å². The number of hydrogen-bond donors (Lipinski definition) is 4. The standard InChI is InChI=1S/C81H136O16P2/c1-4-7-10-13-16-19-22-25-27-29-31-33-35-36-37-38-40-42-43-45-47-50-52-55-58-61-64-67-79(84)91-70-76(82)71-93-98(87,88)94-72-77(83)73-95-99(89,90)96-75-78(97-81(86)69-66-63-60-57-54-49-24-21-18-15-12-9-6-3)74-92-80(85)68-65-62-59-56-53-51-48-46-44-41-39-34-32-30-28-26-23-20-17-14-11-8-5-2/h7-8,10-11,16-17,19-21,24-28,31-34,36-37,40-42,44,76-78,82-83H,4-6,9,12-15,18,22-23,29-30,35,38-39,43,45-75H2,1-3H3,(H,87,88)(H,89,90)/b10-7-,11-8-,19-16-,20-17-,24-21-,27-25-,28-26-,33-31-,34-32-,37-36-,42-40-,44-41-. The summed E-state index contributed by atoms with van der Waals surface area (Å²) < 4.78 is 61.0. The van der Waals surface area contributed by atoms with E-state index in [1.54, 1.807) is 0 Å². The summed E-state index contributed by atoms with van der Waals surface area (Å²) in [6, 6.07) is 0. The summed E-state index contributed by atoms with van der Waals surface area (Å²) >= 11 is 0. The van der Waals surface area contributed by atoms with E-state index in [1.807, 2.05) is 0 Å². The lowest BCUT2D eigenvalue weighted by molar-refractivity contribution is -0.161. The average Bonchev–Trinajstić information content (AvgIpc) is 1.04. The predicted octanol–water partition coefficient (Wildman–Crippen LogP) is 22.1. The smallest absolute Gasteiger partial charge is 0.463 e. The van der Waals surface area contributed by atoms with Crippen LogP contribution in [0.3, 0.4) is 0 Å². The van der Waals surface area contributed by atoms with Crippen molar-refractivity contribution in [1.82, 2.24) is 0 Å². The summed E-state index contributed by atoms with van der Waals surface area (Å²) in [6.45, 7) is 2.40. The van der Waals surface area contributed by atoms with Crippen molar-refractivity contribution in [3.63, 3.8) is 0 Å². The summed E-state index contributed by atoms with van der Waals surface area (Å²) in [5.74, 6) is -1.61. The minimum atomic E-state index is -4.94. The Hall–Kier alpha value is -4.57. The molecule has 0 amide bonds. The van der Waals surface area contributed by atoms with Crippen LogP contribution in [-0.2, 0) is 55.8 Å². The number of carbonyl (C=O) groups is 3. The molecule has 0 aliphatic rings. The van der Waals surface area contributed by atoms with E-state index in [-0.39, 0.29) is 19.3 Å². The SMILES string of the molecule is CC/C=C\C/C=C\C/C=C\C/C=C\C/C=C\C/C=C\CCCCCCCCCCC(=O)OCC(O)COP(=O)(O)OCC(O)COP(=O)(O)OCC(COC(=O)CCCCCCCCC/C=C\C/C=C\C/C=C\C/C=C\C/C=C\CC)OC(=O)CCCCCCC/C=C\CCCCCC. The highest BCUT2D eigenvalue weighted by molar-refractivity contribution is 7.47. The molecule has 0 spiro atoms. The van der Waals surface area contributed by atoms with E-state index in [4.69, 9.17) is 32.3 Å². The Labute approximate surface area is 600 Å². The monoisotopic (exact) mass is 1430 g/mol. The number of allylic oxidation sites excluding steroid dienone is 24. The molecular formula is C81H136O16P2. The fraction of sp³-hybridized carbons (Fsp3) is 0.667. The molecule has 99 heavy (non-hydrogen) atoms. The van der Waals surface area contributed by atoms with E-state index >= 15 is 0 Å². The zero-order valence-electron chi connectivity index (χ0n) is 61.6. The molecule has 5 atom stereocenters. The molecule has 0 saturated carbocycles. The number of esters is 3. The molecule has 566 valence electrons. The van der Waals surface area contributed by atoms with Crippen molar-refractivity contribution in [2.45, 2.75) is 309 Å². The van der Waals surface area contributed by atoms with Gasteiger partial charge in [0.1, 0.15) is 25.4 Å². The van der Waals surface area contributed by atoms with Crippen molar-refractivity contribution in [2.24, 2.45) is 0 Å². The summed E-state index contributed by atoms with van der Waals surface area (Å²) in [5, 5.41) is 20.6. The first-order valence-corrected chi connectivity index (χ1v) is 41.1. The molecular weight excluding hydrogens is 1290 g/mol. The number of phosphoric acid groups is 2. The maximum atomic E-state index is 12.9. The molecule has 16 nitrogen and oxygen atoms in total. The summed E-state index contributed by atoms with van der Waals surface area (Å²) in [5.41, 5.74) is 0. The second-order valence-corrected chi connectivity index (χ2v) is 27.9. The van der Waals surface area contributed by atoms with Crippen LogP contribution in [0.1, 0.15) is 290 Å². The normalized spacial score (nSPS) is 14.9. The number of unbranched alkanes of at least 4 members (excludes halogenated alkanes) is 24. The minimum Gasteiger partial charge on any atom is -0.463 e. The molecule has 0 rings (SSSR count). The van der Waals surface area contributed by atoms with Crippen LogP contribution < -0.4 is 0 Å². The van der Waals surface area contributed by atoms with Gasteiger partial charge in [0.25, 0.3) is 0 Å². The largest absolute Gasteiger partial charge is 0.472 e. The molecule has 0 aliphatic heterocycles. The highest BCUT2D eigenvalue weighted by Crippen LogP contribution is 2.45. The van der Waals surface area contributed by atoms with Crippen LogP contribution in [0.4, 0.5) is 0 Å². The first kappa shape index (κ1) is 94.4. The van der Waals surface area contributed by atoms with Gasteiger partial charge in [0.05, 0.1) is 26.4 Å². The fourth-order valence-corrected chi connectivity index (χ4v) is 11.4. The van der Waals surface area contributed by atoms with Crippen LogP contribution in [0.15, 0.2) is 146 Å². The molecule has 0 heterocycles. The lowest BCUT2D eigenvalue weighted by Crippen LogP contribution is -2.30. The van der Waals surface area contributed by atoms with E-state index in [0.29, 0.717) is 19.3 Å². The Kier molecular flexibility index (Phi) is 69.8. The number of rotatable bonds is 71. The first-order valence-electron chi connectivity index (χ1n) is 38.1. The molecule has 4 N–H and O–H groups in total. The molecule has 0 saturated heterocycles. The maximum absolute atomic E-state index is 12.9. The van der Waals surface area contributed by atoms with E-state index in [1.165, 1.54) is 44.9 Å². The number of ether oxygens (including phenoxy) is 3. The van der Waals surface area contributed by atoms with Crippen LogP contribution in [-0.4, -0.2) is 95.9 Å². The van der Waals surface area contributed by atoms with E-state index in [2.05, 4.69) is 167 Å². The third-order valence-electron chi connectivity index (χ3n) is 15.5. The van der Waals surface area contributed by atoms with Gasteiger partial charge in [0, 0.05) is 19.3 Å². The Bertz CT molecular complexity index is 2380. The Morgan fingerprint density at radius 3 is 0.859 bits per heavy atom. The second kappa shape index (κ2) is 73.2. The van der Waals surface area contributed by atoms with Gasteiger partial charge in [-0.05, 0) is 141 Å². The third-order valence-corrected chi connectivity index (χ3v) is 17.4. The zero-order chi connectivity index (χ0) is 72.3. The van der Waals surface area contributed by atoms with Crippen LogP contribution in [0.2, 0.25) is 0 Å². The Balaban J connectivity index is 4.57. The van der Waals surface area contributed by atoms with E-state index in [9.17, 15) is 43.5 Å². The number of phosphoric ester groups is 2.